The molecule has 1 rings (SSSR count). The van der Waals surface area contributed by atoms with E-state index in [4.69, 9.17) is 11.5 Å². The molecule has 0 fully saturated rings. The Morgan fingerprint density at radius 1 is 1.57 bits per heavy atom. The van der Waals surface area contributed by atoms with E-state index in [9.17, 15) is 10.1 Å². The van der Waals surface area contributed by atoms with Gasteiger partial charge in [-0.2, -0.15) is 0 Å². The zero-order valence-corrected chi connectivity index (χ0v) is 9.47. The predicted octanol–water partition coefficient (Wildman–Crippen LogP) is 1.16. The highest BCUT2D eigenvalue weighted by atomic mass is 127. The third kappa shape index (κ3) is 2.40. The summed E-state index contributed by atoms with van der Waals surface area (Å²) in [5, 5.41) is 10.5. The molecule has 0 bridgehead atoms. The number of rotatable bonds is 3. The van der Waals surface area contributed by atoms with Gasteiger partial charge in [0.25, 0.3) is 5.69 Å². The van der Waals surface area contributed by atoms with E-state index in [2.05, 4.69) is 0 Å². The van der Waals surface area contributed by atoms with Crippen LogP contribution in [0.2, 0.25) is 0 Å². The number of halogens is 1. The van der Waals surface area contributed by atoms with Gasteiger partial charge in [0, 0.05) is 28.3 Å². The van der Waals surface area contributed by atoms with Crippen LogP contribution in [0.3, 0.4) is 0 Å². The van der Waals surface area contributed by atoms with Gasteiger partial charge in [-0.25, -0.2) is 0 Å². The van der Waals surface area contributed by atoms with Crippen molar-refractivity contribution in [3.63, 3.8) is 0 Å². The number of nitrogens with two attached hydrogens (primary N) is 2. The summed E-state index contributed by atoms with van der Waals surface area (Å²) in [4.78, 5) is 10.0. The fourth-order valence-electron chi connectivity index (χ4n) is 1.06. The zero-order valence-electron chi connectivity index (χ0n) is 7.31. The first kappa shape index (κ1) is 11.3. The SMILES string of the molecule is NC[C@H](N)c1ccc([N+](=O)[O-])cc1I. The van der Waals surface area contributed by atoms with Gasteiger partial charge in [-0.3, -0.25) is 10.1 Å². The van der Waals surface area contributed by atoms with E-state index >= 15 is 0 Å². The molecule has 0 amide bonds. The van der Waals surface area contributed by atoms with E-state index in [-0.39, 0.29) is 11.7 Å². The molecule has 0 saturated carbocycles. The van der Waals surface area contributed by atoms with Crippen LogP contribution in [0, 0.1) is 13.7 Å². The molecule has 6 heteroatoms. The van der Waals surface area contributed by atoms with Crippen LogP contribution in [0.5, 0.6) is 0 Å². The van der Waals surface area contributed by atoms with E-state index in [0.717, 1.165) is 9.13 Å². The van der Waals surface area contributed by atoms with Crippen molar-refractivity contribution in [2.24, 2.45) is 11.5 Å². The molecule has 4 N–H and O–H groups in total. The highest BCUT2D eigenvalue weighted by Crippen LogP contribution is 2.22. The molecule has 0 radical (unpaired) electrons. The molecule has 0 heterocycles. The lowest BCUT2D eigenvalue weighted by Gasteiger charge is -2.10. The summed E-state index contributed by atoms with van der Waals surface area (Å²) in [6.07, 6.45) is 0. The van der Waals surface area contributed by atoms with Crippen LogP contribution in [-0.4, -0.2) is 11.5 Å². The number of nitro groups is 1. The molecule has 76 valence electrons. The predicted molar refractivity (Wildman–Crippen MR) is 61.8 cm³/mol. The van der Waals surface area contributed by atoms with Crippen molar-refractivity contribution >= 4 is 28.3 Å². The van der Waals surface area contributed by atoms with Crippen molar-refractivity contribution in [1.29, 1.82) is 0 Å². The first-order valence-corrected chi connectivity index (χ1v) is 5.03. The summed E-state index contributed by atoms with van der Waals surface area (Å²) in [7, 11) is 0. The first-order chi connectivity index (χ1) is 6.56. The minimum atomic E-state index is -0.431. The van der Waals surface area contributed by atoms with Crippen molar-refractivity contribution in [3.05, 3.63) is 37.4 Å². The minimum absolute atomic E-state index is 0.0716. The first-order valence-electron chi connectivity index (χ1n) is 3.95. The average Bonchev–Trinajstić information content (AvgIpc) is 2.16. The molecule has 14 heavy (non-hydrogen) atoms. The Hall–Kier alpha value is -0.730. The summed E-state index contributed by atoms with van der Waals surface area (Å²) in [5.74, 6) is 0. The van der Waals surface area contributed by atoms with Crippen LogP contribution >= 0.6 is 22.6 Å². The third-order valence-electron chi connectivity index (χ3n) is 1.85. The smallest absolute Gasteiger partial charge is 0.270 e. The highest BCUT2D eigenvalue weighted by molar-refractivity contribution is 14.1. The number of nitrogens with zero attached hydrogens (tertiary/aromatic N) is 1. The molecule has 0 saturated heterocycles. The summed E-state index contributed by atoms with van der Waals surface area (Å²) < 4.78 is 0.773. The van der Waals surface area contributed by atoms with Gasteiger partial charge >= 0.3 is 0 Å². The van der Waals surface area contributed by atoms with Gasteiger partial charge < -0.3 is 11.5 Å². The second-order valence-electron chi connectivity index (χ2n) is 2.81. The largest absolute Gasteiger partial charge is 0.329 e. The zero-order chi connectivity index (χ0) is 10.7. The summed E-state index contributed by atoms with van der Waals surface area (Å²) in [6.45, 7) is 0.327. The Morgan fingerprint density at radius 3 is 2.64 bits per heavy atom. The number of benzene rings is 1. The number of hydrogen-bond donors (Lipinski definition) is 2. The van der Waals surface area contributed by atoms with Crippen LogP contribution < -0.4 is 11.5 Å². The maximum atomic E-state index is 10.5. The molecular formula is C8H10IN3O2. The molecule has 0 aliphatic carbocycles. The molecule has 1 aromatic rings. The Morgan fingerprint density at radius 2 is 2.21 bits per heavy atom. The fraction of sp³-hybridized carbons (Fsp3) is 0.250. The molecule has 0 aromatic heterocycles. The van der Waals surface area contributed by atoms with E-state index in [0.29, 0.717) is 6.54 Å². The van der Waals surface area contributed by atoms with Gasteiger partial charge in [0.1, 0.15) is 0 Å². The number of non-ortho nitro benzene ring substituents is 1. The van der Waals surface area contributed by atoms with E-state index in [1.165, 1.54) is 12.1 Å². The summed E-state index contributed by atoms with van der Waals surface area (Å²) in [6, 6.07) is 4.32. The van der Waals surface area contributed by atoms with E-state index in [1.807, 2.05) is 22.6 Å². The van der Waals surface area contributed by atoms with Crippen LogP contribution in [0.1, 0.15) is 11.6 Å². The fourth-order valence-corrected chi connectivity index (χ4v) is 1.96. The van der Waals surface area contributed by atoms with Crippen LogP contribution in [0.15, 0.2) is 18.2 Å². The van der Waals surface area contributed by atoms with Gasteiger partial charge in [0.15, 0.2) is 0 Å². The maximum Gasteiger partial charge on any atom is 0.270 e. The van der Waals surface area contributed by atoms with E-state index in [1.54, 1.807) is 6.07 Å². The van der Waals surface area contributed by atoms with Gasteiger partial charge in [0.2, 0.25) is 0 Å². The molecule has 0 spiro atoms. The molecule has 0 aliphatic rings. The van der Waals surface area contributed by atoms with Gasteiger partial charge in [-0.15, -0.1) is 0 Å². The molecular weight excluding hydrogens is 297 g/mol. The maximum absolute atomic E-state index is 10.5. The Labute approximate surface area is 94.8 Å². The lowest BCUT2D eigenvalue weighted by Crippen LogP contribution is -2.21. The molecule has 1 aromatic carbocycles. The van der Waals surface area contributed by atoms with Crippen molar-refractivity contribution in [2.45, 2.75) is 6.04 Å². The van der Waals surface area contributed by atoms with Crippen molar-refractivity contribution in [3.8, 4) is 0 Å². The molecule has 0 unspecified atom stereocenters. The monoisotopic (exact) mass is 307 g/mol. The molecule has 5 nitrogen and oxygen atoms in total. The van der Waals surface area contributed by atoms with Crippen molar-refractivity contribution in [2.75, 3.05) is 6.54 Å². The molecule has 0 aliphatic heterocycles. The van der Waals surface area contributed by atoms with Crippen molar-refractivity contribution < 1.29 is 4.92 Å². The topological polar surface area (TPSA) is 95.2 Å². The van der Waals surface area contributed by atoms with Gasteiger partial charge in [-0.1, -0.05) is 0 Å². The standard InChI is InChI=1S/C8H10IN3O2/c9-7-3-5(12(13)14)1-2-6(7)8(11)4-10/h1-3,8H,4,10-11H2/t8-/m0/s1. The minimum Gasteiger partial charge on any atom is -0.329 e. The quantitative estimate of drug-likeness (QED) is 0.497. The number of hydrogen-bond acceptors (Lipinski definition) is 4. The normalized spacial score (nSPS) is 12.5. The van der Waals surface area contributed by atoms with Gasteiger partial charge in [0.05, 0.1) is 4.92 Å². The third-order valence-corrected chi connectivity index (χ3v) is 2.78. The van der Waals surface area contributed by atoms with Crippen LogP contribution in [0.25, 0.3) is 0 Å². The van der Waals surface area contributed by atoms with Gasteiger partial charge in [-0.05, 0) is 34.2 Å². The van der Waals surface area contributed by atoms with Crippen molar-refractivity contribution in [1.82, 2.24) is 0 Å². The molecule has 1 atom stereocenters. The lowest BCUT2D eigenvalue weighted by atomic mass is 10.1. The Kier molecular flexibility index (Phi) is 3.78. The van der Waals surface area contributed by atoms with E-state index < -0.39 is 4.92 Å². The second kappa shape index (κ2) is 4.67. The summed E-state index contributed by atoms with van der Waals surface area (Å²) in [5.41, 5.74) is 12.0. The van der Waals surface area contributed by atoms with Crippen LogP contribution in [-0.2, 0) is 0 Å². The lowest BCUT2D eigenvalue weighted by molar-refractivity contribution is -0.385. The average molecular weight is 307 g/mol. The number of nitro benzene ring substituents is 1. The van der Waals surface area contributed by atoms with Crippen LogP contribution in [0.4, 0.5) is 5.69 Å². The summed E-state index contributed by atoms with van der Waals surface area (Å²) >= 11 is 2.02. The Balaban J connectivity index is 3.07. The second-order valence-corrected chi connectivity index (χ2v) is 3.97. The Bertz CT molecular complexity index is 356. The highest BCUT2D eigenvalue weighted by Gasteiger charge is 2.12.